The zero-order chi connectivity index (χ0) is 16.8. The molecule has 0 saturated heterocycles. The van der Waals surface area contributed by atoms with E-state index in [0.717, 1.165) is 4.34 Å². The number of methoxy groups -OCH3 is 1. The summed E-state index contributed by atoms with van der Waals surface area (Å²) in [5, 5.41) is 14.7. The van der Waals surface area contributed by atoms with Gasteiger partial charge in [-0.3, -0.25) is 4.79 Å². The molecule has 10 heteroatoms. The van der Waals surface area contributed by atoms with Gasteiger partial charge in [0.05, 0.1) is 12.4 Å². The van der Waals surface area contributed by atoms with Gasteiger partial charge in [0.1, 0.15) is 0 Å². The molecule has 1 aliphatic rings. The summed E-state index contributed by atoms with van der Waals surface area (Å²) in [7, 11) is 1.64. The average molecular weight is 368 g/mol. The number of nitrogens with one attached hydrogen (secondary N) is 2. The summed E-state index contributed by atoms with van der Waals surface area (Å²) in [4.78, 5) is 12.0. The normalized spacial score (nSPS) is 12.2. The number of amides is 1. The van der Waals surface area contributed by atoms with E-state index in [4.69, 9.17) is 14.2 Å². The number of ether oxygens (including phenoxy) is 3. The van der Waals surface area contributed by atoms with E-state index in [-0.39, 0.29) is 18.5 Å². The Bertz CT molecular complexity index is 710. The van der Waals surface area contributed by atoms with Gasteiger partial charge in [-0.15, -0.1) is 10.2 Å². The van der Waals surface area contributed by atoms with Crippen LogP contribution in [0.1, 0.15) is 0 Å². The van der Waals surface area contributed by atoms with E-state index < -0.39 is 0 Å². The highest BCUT2D eigenvalue weighted by molar-refractivity contribution is 8.01. The van der Waals surface area contributed by atoms with Crippen molar-refractivity contribution in [3.05, 3.63) is 18.2 Å². The first-order valence-electron chi connectivity index (χ1n) is 7.13. The monoisotopic (exact) mass is 368 g/mol. The van der Waals surface area contributed by atoms with Gasteiger partial charge in [0.2, 0.25) is 17.8 Å². The zero-order valence-corrected chi connectivity index (χ0v) is 14.5. The van der Waals surface area contributed by atoms with Crippen LogP contribution in [-0.2, 0) is 9.53 Å². The second-order valence-electron chi connectivity index (χ2n) is 4.70. The van der Waals surface area contributed by atoms with Crippen LogP contribution in [0, 0.1) is 0 Å². The summed E-state index contributed by atoms with van der Waals surface area (Å²) in [6.07, 6.45) is 0. The topological polar surface area (TPSA) is 94.6 Å². The van der Waals surface area contributed by atoms with Crippen molar-refractivity contribution in [1.29, 1.82) is 0 Å². The highest BCUT2D eigenvalue weighted by Crippen LogP contribution is 2.34. The lowest BCUT2D eigenvalue weighted by Gasteiger charge is -2.05. The number of carbonyl (C=O) groups is 1. The van der Waals surface area contributed by atoms with Crippen molar-refractivity contribution in [2.24, 2.45) is 0 Å². The van der Waals surface area contributed by atoms with Gasteiger partial charge in [0.15, 0.2) is 15.8 Å². The number of hydrogen-bond donors (Lipinski definition) is 2. The van der Waals surface area contributed by atoms with Gasteiger partial charge < -0.3 is 24.8 Å². The van der Waals surface area contributed by atoms with Crippen LogP contribution in [0.25, 0.3) is 0 Å². The van der Waals surface area contributed by atoms with E-state index >= 15 is 0 Å². The lowest BCUT2D eigenvalue weighted by atomic mass is 10.3. The van der Waals surface area contributed by atoms with E-state index in [9.17, 15) is 4.79 Å². The fourth-order valence-electron chi connectivity index (χ4n) is 1.90. The van der Waals surface area contributed by atoms with Crippen molar-refractivity contribution < 1.29 is 19.0 Å². The maximum Gasteiger partial charge on any atom is 0.234 e. The molecule has 128 valence electrons. The van der Waals surface area contributed by atoms with E-state index in [1.165, 1.54) is 23.1 Å². The van der Waals surface area contributed by atoms with Crippen LogP contribution >= 0.6 is 23.1 Å². The van der Waals surface area contributed by atoms with Crippen molar-refractivity contribution >= 4 is 39.8 Å². The van der Waals surface area contributed by atoms with Gasteiger partial charge in [0.25, 0.3) is 0 Å². The Morgan fingerprint density at radius 3 is 3.12 bits per heavy atom. The second kappa shape index (κ2) is 8.18. The van der Waals surface area contributed by atoms with Gasteiger partial charge in [-0.25, -0.2) is 0 Å². The molecule has 0 atom stereocenters. The number of anilines is 2. The fraction of sp³-hybridized carbons (Fsp3) is 0.357. The first-order valence-corrected chi connectivity index (χ1v) is 8.93. The lowest BCUT2D eigenvalue weighted by molar-refractivity contribution is -0.113. The molecule has 24 heavy (non-hydrogen) atoms. The van der Waals surface area contributed by atoms with E-state index in [1.54, 1.807) is 25.3 Å². The summed E-state index contributed by atoms with van der Waals surface area (Å²) in [5.41, 5.74) is 0.670. The van der Waals surface area contributed by atoms with Crippen molar-refractivity contribution in [3.63, 3.8) is 0 Å². The third kappa shape index (κ3) is 4.49. The third-order valence-electron chi connectivity index (χ3n) is 2.97. The first-order chi connectivity index (χ1) is 11.7. The second-order valence-corrected chi connectivity index (χ2v) is 6.90. The van der Waals surface area contributed by atoms with Crippen LogP contribution in [0.4, 0.5) is 10.8 Å². The number of rotatable bonds is 8. The average Bonchev–Trinajstić information content (AvgIpc) is 3.22. The van der Waals surface area contributed by atoms with E-state index in [0.29, 0.717) is 35.5 Å². The largest absolute Gasteiger partial charge is 0.454 e. The molecule has 0 aliphatic carbocycles. The molecule has 1 aromatic carbocycles. The molecule has 1 amide bonds. The molecule has 0 fully saturated rings. The minimum atomic E-state index is -0.122. The van der Waals surface area contributed by atoms with E-state index in [1.807, 2.05) is 0 Å². The van der Waals surface area contributed by atoms with Crippen molar-refractivity contribution in [2.75, 3.05) is 43.4 Å². The molecule has 2 aromatic rings. The van der Waals surface area contributed by atoms with Crippen LogP contribution in [0.3, 0.4) is 0 Å². The van der Waals surface area contributed by atoms with Crippen molar-refractivity contribution in [1.82, 2.24) is 10.2 Å². The first kappa shape index (κ1) is 16.8. The number of thioether (sulfide) groups is 1. The predicted octanol–water partition coefficient (Wildman–Crippen LogP) is 2.06. The number of carbonyl (C=O) groups excluding carboxylic acids is 1. The number of benzene rings is 1. The fourth-order valence-corrected chi connectivity index (χ4v) is 3.48. The molecular formula is C14H16N4O4S2. The molecule has 0 radical (unpaired) electrons. The maximum atomic E-state index is 12.0. The molecule has 2 N–H and O–H groups in total. The maximum absolute atomic E-state index is 12.0. The lowest BCUT2D eigenvalue weighted by Crippen LogP contribution is -2.13. The van der Waals surface area contributed by atoms with Gasteiger partial charge in [0, 0.05) is 25.4 Å². The number of fused-ring (bicyclic) bond motifs is 1. The van der Waals surface area contributed by atoms with Crippen LogP contribution in [0.15, 0.2) is 22.5 Å². The third-order valence-corrected chi connectivity index (χ3v) is 4.99. The number of nitrogens with zero attached hydrogens (tertiary/aromatic N) is 2. The molecule has 1 aromatic heterocycles. The predicted molar refractivity (Wildman–Crippen MR) is 92.2 cm³/mol. The van der Waals surface area contributed by atoms with Gasteiger partial charge in [-0.1, -0.05) is 23.1 Å². The molecule has 0 spiro atoms. The molecule has 0 saturated carbocycles. The van der Waals surface area contributed by atoms with Crippen LogP contribution in [0.5, 0.6) is 11.5 Å². The van der Waals surface area contributed by atoms with Crippen LogP contribution in [0.2, 0.25) is 0 Å². The molecule has 1 aliphatic heterocycles. The standard InChI is InChI=1S/C14H16N4O4S2/c1-20-5-4-15-13-17-18-14(24-13)23-7-12(19)16-9-2-3-10-11(6-9)22-8-21-10/h2-3,6H,4-5,7-8H2,1H3,(H,15,17)(H,16,19). The van der Waals surface area contributed by atoms with Gasteiger partial charge in [-0.05, 0) is 12.1 Å². The summed E-state index contributed by atoms with van der Waals surface area (Å²) in [6.45, 7) is 1.47. The van der Waals surface area contributed by atoms with Gasteiger partial charge in [-0.2, -0.15) is 0 Å². The van der Waals surface area contributed by atoms with Crippen molar-refractivity contribution in [2.45, 2.75) is 4.34 Å². The minimum absolute atomic E-state index is 0.122. The summed E-state index contributed by atoms with van der Waals surface area (Å²) in [5.74, 6) is 1.45. The van der Waals surface area contributed by atoms with Crippen LogP contribution < -0.4 is 20.1 Å². The summed E-state index contributed by atoms with van der Waals surface area (Å²) in [6, 6.07) is 5.29. The summed E-state index contributed by atoms with van der Waals surface area (Å²) >= 11 is 2.74. The number of hydrogen-bond acceptors (Lipinski definition) is 9. The highest BCUT2D eigenvalue weighted by atomic mass is 32.2. The highest BCUT2D eigenvalue weighted by Gasteiger charge is 2.14. The SMILES string of the molecule is COCCNc1nnc(SCC(=O)Nc2ccc3c(c2)OCO3)s1. The zero-order valence-electron chi connectivity index (χ0n) is 12.9. The Labute approximate surface area is 146 Å². The Morgan fingerprint density at radius 2 is 2.25 bits per heavy atom. The Balaban J connectivity index is 1.45. The van der Waals surface area contributed by atoms with Crippen LogP contribution in [-0.4, -0.2) is 48.9 Å². The molecule has 2 heterocycles. The Hall–Kier alpha value is -2.04. The Morgan fingerprint density at radius 1 is 1.38 bits per heavy atom. The molecule has 0 unspecified atom stereocenters. The number of aromatic nitrogens is 2. The Kier molecular flexibility index (Phi) is 5.72. The smallest absolute Gasteiger partial charge is 0.234 e. The molecule has 3 rings (SSSR count). The van der Waals surface area contributed by atoms with E-state index in [2.05, 4.69) is 20.8 Å². The van der Waals surface area contributed by atoms with Crippen molar-refractivity contribution in [3.8, 4) is 11.5 Å². The molecule has 0 bridgehead atoms. The molecule has 8 nitrogen and oxygen atoms in total. The molecular weight excluding hydrogens is 352 g/mol. The minimum Gasteiger partial charge on any atom is -0.454 e. The quantitative estimate of drug-likeness (QED) is 0.540. The van der Waals surface area contributed by atoms with Gasteiger partial charge >= 0.3 is 0 Å². The summed E-state index contributed by atoms with van der Waals surface area (Å²) < 4.78 is 16.2.